The molecule has 0 bridgehead atoms. The van der Waals surface area contributed by atoms with Crippen LogP contribution in [-0.2, 0) is 0 Å². The summed E-state index contributed by atoms with van der Waals surface area (Å²) in [5.41, 5.74) is -11.9. The molecule has 1 heterocycles. The maximum absolute atomic E-state index is 9.72. The summed E-state index contributed by atoms with van der Waals surface area (Å²) in [6.07, 6.45) is 0. The van der Waals surface area contributed by atoms with Gasteiger partial charge in [0.1, 0.15) is 0 Å². The minimum absolute atomic E-state index is 0.227. The van der Waals surface area contributed by atoms with E-state index in [1.807, 2.05) is 0 Å². The summed E-state index contributed by atoms with van der Waals surface area (Å²) in [5.74, 6) is 0. The molecule has 0 atom stereocenters. The largest absolute Gasteiger partial charge is 0.311 e. The molecule has 0 amide bonds. The van der Waals surface area contributed by atoms with Crippen LogP contribution in [0, 0.1) is 0 Å². The first-order chi connectivity index (χ1) is 39.0. The Hall–Kier alpha value is -6.64. The van der Waals surface area contributed by atoms with Crippen LogP contribution in [-0.4, -0.2) is 4.57 Å². The average Bonchev–Trinajstić information content (AvgIpc) is 1.46. The molecular weight excluding hydrogens is 605 g/mol. The second kappa shape index (κ2) is 12.8. The lowest BCUT2D eigenvalue weighted by molar-refractivity contribution is 1.18. The van der Waals surface area contributed by atoms with Gasteiger partial charge in [0.2, 0.25) is 0 Å². The summed E-state index contributed by atoms with van der Waals surface area (Å²) in [7, 11) is 0. The zero-order valence-electron chi connectivity index (χ0n) is 58.9. The molecule has 0 N–H and O–H groups in total. The van der Waals surface area contributed by atoms with E-state index in [-0.39, 0.29) is 4.90 Å². The quantitative estimate of drug-likeness (QED) is 0.164. The van der Waals surface area contributed by atoms with Crippen molar-refractivity contribution >= 4 is 38.9 Å². The molecule has 9 aromatic rings. The number of anilines is 3. The number of para-hydroxylation sites is 3. The molecule has 0 spiro atoms. The van der Waals surface area contributed by atoms with Gasteiger partial charge in [-0.2, -0.15) is 0 Å². The molecule has 0 aliphatic carbocycles. The van der Waals surface area contributed by atoms with Crippen molar-refractivity contribution in [3.05, 3.63) is 205 Å². The zero-order valence-corrected chi connectivity index (χ0v) is 24.9. The number of aromatic nitrogens is 1. The number of hydrogen-bond donors (Lipinski definition) is 0. The fraction of sp³-hybridized carbons (Fsp3) is 0. The summed E-state index contributed by atoms with van der Waals surface area (Å²) in [5, 5.41) is -1.16. The van der Waals surface area contributed by atoms with Gasteiger partial charge in [-0.1, -0.05) is 151 Å². The molecule has 50 heavy (non-hydrogen) atoms. The van der Waals surface area contributed by atoms with Gasteiger partial charge in [0, 0.05) is 33.4 Å². The lowest BCUT2D eigenvalue weighted by atomic mass is 10.0. The molecule has 8 aromatic carbocycles. The van der Waals surface area contributed by atoms with Crippen LogP contribution in [0.25, 0.3) is 60.9 Å². The van der Waals surface area contributed by atoms with Crippen molar-refractivity contribution in [3.63, 3.8) is 0 Å². The normalized spacial score (nSPS) is 20.7. The molecule has 0 saturated carbocycles. The Bertz CT molecular complexity index is 4190. The van der Waals surface area contributed by atoms with Crippen LogP contribution in [0.3, 0.4) is 0 Å². The third kappa shape index (κ3) is 5.34. The fourth-order valence-electron chi connectivity index (χ4n) is 5.01. The van der Waals surface area contributed by atoms with E-state index in [1.54, 1.807) is 0 Å². The van der Waals surface area contributed by atoms with Crippen molar-refractivity contribution in [1.82, 2.24) is 4.57 Å². The zero-order chi connectivity index (χ0) is 62.9. The Morgan fingerprint density at radius 1 is 0.320 bits per heavy atom. The first-order valence-corrected chi connectivity index (χ1v) is 14.3. The summed E-state index contributed by atoms with van der Waals surface area (Å²) < 4.78 is 304. The van der Waals surface area contributed by atoms with Crippen LogP contribution >= 0.6 is 0 Å². The highest BCUT2D eigenvalue weighted by molar-refractivity contribution is 6.09. The van der Waals surface area contributed by atoms with Crippen LogP contribution in [0.5, 0.6) is 0 Å². The van der Waals surface area contributed by atoms with Crippen molar-refractivity contribution in [2.75, 3.05) is 4.90 Å². The van der Waals surface area contributed by atoms with Gasteiger partial charge in [0.05, 0.1) is 63.3 Å². The predicted molar refractivity (Wildman–Crippen MR) is 212 cm³/mol. The molecule has 0 aliphatic heterocycles. The Labute approximate surface area is 340 Å². The summed E-state index contributed by atoms with van der Waals surface area (Å²) in [6, 6.07) is -37.5. The first kappa shape index (κ1) is 10.7. The van der Waals surface area contributed by atoms with Crippen LogP contribution in [0.4, 0.5) is 17.1 Å². The topological polar surface area (TPSA) is 8.17 Å². The minimum Gasteiger partial charge on any atom is -0.311 e. The van der Waals surface area contributed by atoms with Crippen LogP contribution in [0.1, 0.15) is 46.6 Å². The summed E-state index contributed by atoms with van der Waals surface area (Å²) >= 11 is 0. The van der Waals surface area contributed by atoms with E-state index >= 15 is 0 Å². The van der Waals surface area contributed by atoms with Crippen molar-refractivity contribution in [3.8, 4) is 39.1 Å². The van der Waals surface area contributed by atoms with Gasteiger partial charge in [-0.25, -0.2) is 0 Å². The van der Waals surface area contributed by atoms with Gasteiger partial charge in [-0.3, -0.25) is 0 Å². The highest BCUT2D eigenvalue weighted by Crippen LogP contribution is 2.40. The molecule has 236 valence electrons. The molecule has 0 unspecified atom stereocenters. The van der Waals surface area contributed by atoms with E-state index in [2.05, 4.69) is 0 Å². The van der Waals surface area contributed by atoms with E-state index in [0.29, 0.717) is 4.57 Å². The lowest BCUT2D eigenvalue weighted by Gasteiger charge is -2.26. The molecule has 0 aliphatic rings. The maximum atomic E-state index is 9.72. The number of fused-ring (bicyclic) bond motifs is 3. The van der Waals surface area contributed by atoms with E-state index in [1.165, 1.54) is 0 Å². The van der Waals surface area contributed by atoms with E-state index in [9.17, 15) is 19.2 Å². The third-order valence-corrected chi connectivity index (χ3v) is 7.18. The molecule has 2 heteroatoms. The second-order valence-corrected chi connectivity index (χ2v) is 10.0. The van der Waals surface area contributed by atoms with Gasteiger partial charge in [-0.05, 0) is 82.2 Å². The molecule has 0 radical (unpaired) electrons. The van der Waals surface area contributed by atoms with E-state index in [0.717, 1.165) is 0 Å². The van der Waals surface area contributed by atoms with Crippen molar-refractivity contribution in [2.24, 2.45) is 0 Å². The van der Waals surface area contributed by atoms with E-state index in [4.69, 9.17) is 27.4 Å². The van der Waals surface area contributed by atoms with Crippen LogP contribution in [0.15, 0.2) is 205 Å². The van der Waals surface area contributed by atoms with Crippen molar-refractivity contribution in [2.45, 2.75) is 0 Å². The lowest BCUT2D eigenvalue weighted by Crippen LogP contribution is -2.09. The SMILES string of the molecule is [2H]c1c([2H])c([2H])c(-c2c([2H])c([2H])c(N(c3c([2H])c([2H])c(-c4c([2H])c([2H])c([2H])c([2H])c4[2H])c([2H])c3[2H])c3c([2H])c([2H])c(-c4c([2H])c([2H])c([2H])c([2H])c4-n4c5c([2H])c([2H])c([2H])c([2H])c5c5c([2H])c([2H])c([2H])c([2H])c54)c([2H])c3[2H])c([2H])c2[2H])c([2H])c1[2H]. The molecule has 9 rings (SSSR count). The average molecular weight is 673 g/mol. The Morgan fingerprint density at radius 3 is 1.16 bits per heavy atom. The van der Waals surface area contributed by atoms with Crippen molar-refractivity contribution < 1.29 is 46.6 Å². The molecule has 0 saturated heterocycles. The standard InChI is InChI=1S/C48H34N2/c1-3-13-35(14-4-1)37-23-29-40(30-24-37)49(41-31-25-38(26-32-41)36-15-5-2-6-16-36)42-33-27-39(28-34-42)43-17-7-10-20-46(43)50-47-21-11-8-18-44(47)45-19-9-12-22-48(45)50/h1-34H/i1D,2D,3D,4D,5D,6D,7D,8D,9D,10D,11D,12D,13D,14D,15D,16D,17D,18D,19D,20D,21D,22D,23D,24D,25D,26D,27D,28D,29D,30D,31D,32D,33D,34D. The number of benzene rings is 8. The fourth-order valence-corrected chi connectivity index (χ4v) is 5.01. The van der Waals surface area contributed by atoms with Crippen molar-refractivity contribution in [1.29, 1.82) is 0 Å². The monoisotopic (exact) mass is 672 g/mol. The van der Waals surface area contributed by atoms with Gasteiger partial charge in [-0.15, -0.1) is 0 Å². The Kier molecular flexibility index (Phi) is 2.72. The number of nitrogens with zero attached hydrogens (tertiary/aromatic N) is 2. The van der Waals surface area contributed by atoms with Gasteiger partial charge < -0.3 is 9.47 Å². The summed E-state index contributed by atoms with van der Waals surface area (Å²) in [4.78, 5) is 0.227. The predicted octanol–water partition coefficient (Wildman–Crippen LogP) is 13.3. The maximum Gasteiger partial charge on any atom is 0.0645 e. The third-order valence-electron chi connectivity index (χ3n) is 7.18. The second-order valence-electron chi connectivity index (χ2n) is 10.0. The Balaban J connectivity index is 1.48. The molecule has 1 aromatic heterocycles. The van der Waals surface area contributed by atoms with E-state index < -0.39 is 283 Å². The van der Waals surface area contributed by atoms with Crippen LogP contribution < -0.4 is 4.90 Å². The molecule has 0 fully saturated rings. The molecule has 2 nitrogen and oxygen atoms in total. The van der Waals surface area contributed by atoms with Gasteiger partial charge in [0.25, 0.3) is 0 Å². The highest BCUT2D eigenvalue weighted by Gasteiger charge is 2.17. The first-order valence-electron chi connectivity index (χ1n) is 31.3. The highest BCUT2D eigenvalue weighted by atomic mass is 15.1. The molecular formula is C48H34N2. The smallest absolute Gasteiger partial charge is 0.0645 e. The number of hydrogen-bond acceptors (Lipinski definition) is 1. The minimum atomic E-state index is -1.41. The summed E-state index contributed by atoms with van der Waals surface area (Å²) in [6.45, 7) is 0. The number of rotatable bonds is 7. The van der Waals surface area contributed by atoms with Gasteiger partial charge in [0.15, 0.2) is 0 Å². The van der Waals surface area contributed by atoms with Gasteiger partial charge >= 0.3 is 0 Å². The van der Waals surface area contributed by atoms with Crippen LogP contribution in [0.2, 0.25) is 0 Å². The Morgan fingerprint density at radius 2 is 0.680 bits per heavy atom.